The molecule has 0 atom stereocenters. The first-order chi connectivity index (χ1) is 14.8. The van der Waals surface area contributed by atoms with Gasteiger partial charge in [-0.3, -0.25) is 4.57 Å². The van der Waals surface area contributed by atoms with Gasteiger partial charge in [0.05, 0.1) is 17.9 Å². The summed E-state index contributed by atoms with van der Waals surface area (Å²) in [5, 5.41) is 12.9. The van der Waals surface area contributed by atoms with Gasteiger partial charge in [-0.15, -0.1) is 28.1 Å². The molecule has 0 saturated heterocycles. The number of hydrogen-bond acceptors (Lipinski definition) is 6. The smallest absolute Gasteiger partial charge is 0.192 e. The highest BCUT2D eigenvalue weighted by molar-refractivity contribution is 7.98. The first-order valence-electron chi connectivity index (χ1n) is 9.69. The largest absolute Gasteiger partial charge is 0.493 e. The maximum absolute atomic E-state index is 5.79. The number of allylic oxidation sites excluding steroid dienone is 1. The van der Waals surface area contributed by atoms with E-state index in [1.807, 2.05) is 55.5 Å². The fourth-order valence-electron chi connectivity index (χ4n) is 3.05. The maximum atomic E-state index is 5.79. The molecule has 0 aliphatic heterocycles. The van der Waals surface area contributed by atoms with Gasteiger partial charge in [-0.1, -0.05) is 60.3 Å². The first-order valence-corrected chi connectivity index (χ1v) is 11.6. The van der Waals surface area contributed by atoms with Crippen LogP contribution in [0.4, 0.5) is 0 Å². The maximum Gasteiger partial charge on any atom is 0.192 e. The Labute approximate surface area is 184 Å². The molecule has 0 radical (unpaired) electrons. The van der Waals surface area contributed by atoms with E-state index in [-0.39, 0.29) is 0 Å². The molecule has 2 heterocycles. The van der Waals surface area contributed by atoms with Crippen LogP contribution in [-0.4, -0.2) is 26.4 Å². The summed E-state index contributed by atoms with van der Waals surface area (Å²) in [6.45, 7) is 7.10. The molecule has 0 spiro atoms. The van der Waals surface area contributed by atoms with Crippen molar-refractivity contribution in [3.05, 3.63) is 78.3 Å². The zero-order valence-corrected chi connectivity index (χ0v) is 18.3. The first kappa shape index (κ1) is 20.4. The number of thioether (sulfide) groups is 1. The molecule has 2 aromatic heterocycles. The Morgan fingerprint density at radius 1 is 1.10 bits per heavy atom. The van der Waals surface area contributed by atoms with Gasteiger partial charge in [0.15, 0.2) is 11.0 Å². The zero-order valence-electron chi connectivity index (χ0n) is 16.7. The van der Waals surface area contributed by atoms with Crippen molar-refractivity contribution in [3.8, 4) is 27.7 Å². The van der Waals surface area contributed by atoms with Crippen LogP contribution in [0, 0.1) is 0 Å². The topological polar surface area (TPSA) is 52.8 Å². The molecule has 152 valence electrons. The number of hydrogen-bond donors (Lipinski definition) is 0. The Balaban J connectivity index is 1.56. The fourth-order valence-corrected chi connectivity index (χ4v) is 4.82. The molecule has 0 N–H and O–H groups in total. The number of para-hydroxylation sites is 1. The van der Waals surface area contributed by atoms with Gasteiger partial charge < -0.3 is 4.74 Å². The predicted octanol–water partition coefficient (Wildman–Crippen LogP) is 5.95. The normalized spacial score (nSPS) is 10.8. The molecule has 0 bridgehead atoms. The Kier molecular flexibility index (Phi) is 6.61. The van der Waals surface area contributed by atoms with Crippen LogP contribution >= 0.6 is 23.1 Å². The van der Waals surface area contributed by atoms with Crippen molar-refractivity contribution in [1.82, 2.24) is 19.7 Å². The number of ether oxygens (including phenoxy) is 1. The molecule has 0 aliphatic rings. The van der Waals surface area contributed by atoms with Crippen molar-refractivity contribution in [2.24, 2.45) is 0 Å². The van der Waals surface area contributed by atoms with E-state index in [1.54, 1.807) is 23.1 Å². The molecule has 0 unspecified atom stereocenters. The van der Waals surface area contributed by atoms with Gasteiger partial charge in [-0.2, -0.15) is 0 Å². The highest BCUT2D eigenvalue weighted by atomic mass is 32.2. The van der Waals surface area contributed by atoms with Gasteiger partial charge >= 0.3 is 0 Å². The summed E-state index contributed by atoms with van der Waals surface area (Å²) < 4.78 is 7.85. The average Bonchev–Trinajstić information content (AvgIpc) is 3.41. The Hall–Kier alpha value is -2.90. The van der Waals surface area contributed by atoms with Gasteiger partial charge in [0.25, 0.3) is 0 Å². The summed E-state index contributed by atoms with van der Waals surface area (Å²) >= 11 is 3.29. The van der Waals surface area contributed by atoms with Gasteiger partial charge in [0.1, 0.15) is 10.8 Å². The summed E-state index contributed by atoms with van der Waals surface area (Å²) in [5.74, 6) is 2.32. The van der Waals surface area contributed by atoms with E-state index in [2.05, 4.69) is 38.9 Å². The molecule has 5 nitrogen and oxygen atoms in total. The van der Waals surface area contributed by atoms with Crippen LogP contribution in [-0.2, 0) is 12.3 Å². The molecule has 2 aromatic carbocycles. The number of nitrogens with zero attached hydrogens (tertiary/aromatic N) is 4. The Morgan fingerprint density at radius 2 is 1.90 bits per heavy atom. The second kappa shape index (κ2) is 9.73. The van der Waals surface area contributed by atoms with Gasteiger partial charge in [-0.05, 0) is 19.1 Å². The van der Waals surface area contributed by atoms with Gasteiger partial charge in [0.2, 0.25) is 0 Å². The molecular weight excluding hydrogens is 412 g/mol. The number of thiazole rings is 1. The molecule has 4 rings (SSSR count). The van der Waals surface area contributed by atoms with Crippen LogP contribution in [0.3, 0.4) is 0 Å². The lowest BCUT2D eigenvalue weighted by atomic mass is 10.2. The van der Waals surface area contributed by atoms with E-state index in [0.29, 0.717) is 13.2 Å². The SMILES string of the molecule is C=CCn1c(SCc2csc(-c3ccccc3)n2)nnc1-c1ccccc1OCC. The van der Waals surface area contributed by atoms with E-state index in [4.69, 9.17) is 9.72 Å². The minimum atomic E-state index is 0.599. The second-order valence-electron chi connectivity index (χ2n) is 6.43. The summed E-state index contributed by atoms with van der Waals surface area (Å²) in [4.78, 5) is 4.77. The van der Waals surface area contributed by atoms with Crippen molar-refractivity contribution in [2.45, 2.75) is 24.4 Å². The van der Waals surface area contributed by atoms with E-state index >= 15 is 0 Å². The van der Waals surface area contributed by atoms with Crippen molar-refractivity contribution < 1.29 is 4.74 Å². The van der Waals surface area contributed by atoms with Crippen LogP contribution in [0.15, 0.2) is 77.8 Å². The lowest BCUT2D eigenvalue weighted by molar-refractivity contribution is 0.341. The fraction of sp³-hybridized carbons (Fsp3) is 0.174. The van der Waals surface area contributed by atoms with E-state index < -0.39 is 0 Å². The molecule has 0 saturated carbocycles. The highest BCUT2D eigenvalue weighted by Crippen LogP contribution is 2.32. The molecule has 0 fully saturated rings. The summed E-state index contributed by atoms with van der Waals surface area (Å²) in [6, 6.07) is 18.2. The van der Waals surface area contributed by atoms with Crippen molar-refractivity contribution in [1.29, 1.82) is 0 Å². The lowest BCUT2D eigenvalue weighted by Crippen LogP contribution is -2.02. The standard InChI is InChI=1S/C23H22N4OS2/c1-3-14-27-21(19-12-8-9-13-20(19)28-4-2)25-26-23(27)30-16-18-15-29-22(24-18)17-10-6-5-7-11-17/h3,5-13,15H,1,4,14,16H2,2H3. The van der Waals surface area contributed by atoms with Crippen LogP contribution in [0.2, 0.25) is 0 Å². The number of aromatic nitrogens is 4. The highest BCUT2D eigenvalue weighted by Gasteiger charge is 2.17. The molecule has 0 aliphatic carbocycles. The summed E-state index contributed by atoms with van der Waals surface area (Å²) in [6.07, 6.45) is 1.86. The van der Waals surface area contributed by atoms with Crippen LogP contribution in [0.5, 0.6) is 5.75 Å². The van der Waals surface area contributed by atoms with Crippen molar-refractivity contribution in [3.63, 3.8) is 0 Å². The Bertz CT molecular complexity index is 1120. The molecule has 30 heavy (non-hydrogen) atoms. The van der Waals surface area contributed by atoms with E-state index in [1.165, 1.54) is 0 Å². The summed E-state index contributed by atoms with van der Waals surface area (Å²) in [7, 11) is 0. The monoisotopic (exact) mass is 434 g/mol. The molecule has 7 heteroatoms. The summed E-state index contributed by atoms with van der Waals surface area (Å²) in [5.41, 5.74) is 3.11. The minimum Gasteiger partial charge on any atom is -0.493 e. The minimum absolute atomic E-state index is 0.599. The average molecular weight is 435 g/mol. The van der Waals surface area contributed by atoms with Crippen LogP contribution in [0.25, 0.3) is 22.0 Å². The van der Waals surface area contributed by atoms with Crippen LogP contribution < -0.4 is 4.74 Å². The third kappa shape index (κ3) is 4.47. The third-order valence-electron chi connectivity index (χ3n) is 4.38. The van der Waals surface area contributed by atoms with Crippen LogP contribution in [0.1, 0.15) is 12.6 Å². The second-order valence-corrected chi connectivity index (χ2v) is 8.23. The van der Waals surface area contributed by atoms with Gasteiger partial charge in [0, 0.05) is 23.2 Å². The molecular formula is C23H22N4OS2. The molecule has 0 amide bonds. The van der Waals surface area contributed by atoms with Crippen molar-refractivity contribution in [2.75, 3.05) is 6.61 Å². The van der Waals surface area contributed by atoms with E-state index in [0.717, 1.165) is 44.3 Å². The lowest BCUT2D eigenvalue weighted by Gasteiger charge is -2.11. The third-order valence-corrected chi connectivity index (χ3v) is 6.32. The Morgan fingerprint density at radius 3 is 2.70 bits per heavy atom. The zero-order chi connectivity index (χ0) is 20.8. The predicted molar refractivity (Wildman–Crippen MR) is 124 cm³/mol. The van der Waals surface area contributed by atoms with Crippen molar-refractivity contribution >= 4 is 23.1 Å². The quantitative estimate of drug-likeness (QED) is 0.241. The van der Waals surface area contributed by atoms with E-state index in [9.17, 15) is 0 Å². The van der Waals surface area contributed by atoms with Gasteiger partial charge in [-0.25, -0.2) is 4.98 Å². The molecule has 4 aromatic rings. The number of rotatable bonds is 9. The number of benzene rings is 2.